The third kappa shape index (κ3) is 4.51. The first-order valence-corrected chi connectivity index (χ1v) is 6.26. The van der Waals surface area contributed by atoms with Crippen LogP contribution < -0.4 is 10.6 Å². The molecule has 1 atom stereocenters. The van der Waals surface area contributed by atoms with E-state index in [1.165, 1.54) is 0 Å². The average molecular weight is 321 g/mol. The van der Waals surface area contributed by atoms with Gasteiger partial charge in [-0.3, -0.25) is 4.79 Å². The Labute approximate surface area is 132 Å². The van der Waals surface area contributed by atoms with Crippen LogP contribution in [0, 0.1) is 0 Å². The number of carbonyl (C=O) groups excluding carboxylic acids is 1. The van der Waals surface area contributed by atoms with Gasteiger partial charge in [0, 0.05) is 39.4 Å². The van der Waals surface area contributed by atoms with Gasteiger partial charge in [0.15, 0.2) is 0 Å². The van der Waals surface area contributed by atoms with Gasteiger partial charge < -0.3 is 15.5 Å². The molecule has 1 saturated heterocycles. The van der Waals surface area contributed by atoms with Gasteiger partial charge in [-0.1, -0.05) is 0 Å². The standard InChI is InChI=1S/C13H20N4O.2ClH/c1-16(2)12-6-5-10(8-15-12)13(18)17-7-3-4-11(14)9-17;;/h5-6,8,11H,3-4,7,9,14H2,1-2H3;2*1H. The first-order chi connectivity index (χ1) is 8.58. The molecule has 0 bridgehead atoms. The molecule has 1 fully saturated rings. The summed E-state index contributed by atoms with van der Waals surface area (Å²) in [5, 5.41) is 0. The second-order valence-electron chi connectivity index (χ2n) is 4.95. The van der Waals surface area contributed by atoms with Crippen LogP contribution in [-0.4, -0.2) is 49.0 Å². The molecule has 5 nitrogen and oxygen atoms in total. The SMILES string of the molecule is CN(C)c1ccc(C(=O)N2CCCC(N)C2)cn1.Cl.Cl. The molecule has 7 heteroatoms. The molecule has 114 valence electrons. The minimum atomic E-state index is 0. The van der Waals surface area contributed by atoms with Gasteiger partial charge in [-0.15, -0.1) is 24.8 Å². The summed E-state index contributed by atoms with van der Waals surface area (Å²) in [6.07, 6.45) is 3.62. The Bertz CT molecular complexity index is 425. The maximum absolute atomic E-state index is 12.2. The van der Waals surface area contributed by atoms with Crippen LogP contribution in [0.2, 0.25) is 0 Å². The maximum Gasteiger partial charge on any atom is 0.255 e. The van der Waals surface area contributed by atoms with Crippen molar-refractivity contribution in [2.45, 2.75) is 18.9 Å². The van der Waals surface area contributed by atoms with Crippen LogP contribution in [0.15, 0.2) is 18.3 Å². The molecule has 20 heavy (non-hydrogen) atoms. The highest BCUT2D eigenvalue weighted by Crippen LogP contribution is 2.14. The van der Waals surface area contributed by atoms with E-state index in [0.717, 1.165) is 25.2 Å². The van der Waals surface area contributed by atoms with Crippen LogP contribution in [0.5, 0.6) is 0 Å². The summed E-state index contributed by atoms with van der Waals surface area (Å²) in [6.45, 7) is 1.44. The summed E-state index contributed by atoms with van der Waals surface area (Å²) >= 11 is 0. The van der Waals surface area contributed by atoms with Gasteiger partial charge in [0.1, 0.15) is 5.82 Å². The van der Waals surface area contributed by atoms with Crippen LogP contribution in [0.25, 0.3) is 0 Å². The number of aromatic nitrogens is 1. The Hall–Kier alpha value is -1.04. The molecule has 0 spiro atoms. The van der Waals surface area contributed by atoms with Crippen molar-refractivity contribution in [2.24, 2.45) is 5.73 Å². The Morgan fingerprint density at radius 3 is 2.60 bits per heavy atom. The molecule has 1 amide bonds. The van der Waals surface area contributed by atoms with Gasteiger partial charge in [0.25, 0.3) is 5.91 Å². The highest BCUT2D eigenvalue weighted by Gasteiger charge is 2.22. The van der Waals surface area contributed by atoms with Crippen molar-refractivity contribution in [3.8, 4) is 0 Å². The largest absolute Gasteiger partial charge is 0.363 e. The number of nitrogens with two attached hydrogens (primary N) is 1. The van der Waals surface area contributed by atoms with Gasteiger partial charge in [-0.05, 0) is 25.0 Å². The molecule has 2 N–H and O–H groups in total. The Morgan fingerprint density at radius 2 is 2.10 bits per heavy atom. The number of likely N-dealkylation sites (tertiary alicyclic amines) is 1. The van der Waals surface area contributed by atoms with Gasteiger partial charge in [0.2, 0.25) is 0 Å². The Kier molecular flexibility index (Phi) is 7.86. The summed E-state index contributed by atoms with van der Waals surface area (Å²) in [4.78, 5) is 20.2. The van der Waals surface area contributed by atoms with Crippen LogP contribution in [0.1, 0.15) is 23.2 Å². The van der Waals surface area contributed by atoms with Crippen molar-refractivity contribution in [3.05, 3.63) is 23.9 Å². The topological polar surface area (TPSA) is 62.5 Å². The molecule has 1 aromatic heterocycles. The average Bonchev–Trinajstić information content (AvgIpc) is 2.38. The molecule has 1 aliphatic rings. The lowest BCUT2D eigenvalue weighted by molar-refractivity contribution is 0.0708. The third-order valence-electron chi connectivity index (χ3n) is 3.20. The predicted molar refractivity (Wildman–Crippen MR) is 86.2 cm³/mol. The van der Waals surface area contributed by atoms with Crippen molar-refractivity contribution in [1.29, 1.82) is 0 Å². The van der Waals surface area contributed by atoms with Gasteiger partial charge in [0.05, 0.1) is 5.56 Å². The number of pyridine rings is 1. The predicted octanol–water partition coefficient (Wildman–Crippen LogP) is 1.55. The molecule has 2 rings (SSSR count). The van der Waals surface area contributed by atoms with E-state index in [9.17, 15) is 4.79 Å². The van der Waals surface area contributed by atoms with E-state index in [1.807, 2.05) is 36.0 Å². The highest BCUT2D eigenvalue weighted by molar-refractivity contribution is 5.94. The second kappa shape index (κ2) is 8.29. The summed E-state index contributed by atoms with van der Waals surface area (Å²) in [5.41, 5.74) is 6.52. The summed E-state index contributed by atoms with van der Waals surface area (Å²) in [7, 11) is 3.85. The van der Waals surface area contributed by atoms with E-state index in [2.05, 4.69) is 4.98 Å². The fraction of sp³-hybridized carbons (Fsp3) is 0.538. The number of anilines is 1. The smallest absolute Gasteiger partial charge is 0.255 e. The van der Waals surface area contributed by atoms with Crippen LogP contribution in [0.3, 0.4) is 0 Å². The Balaban J connectivity index is 0.00000180. The molecular formula is C13H22Cl2N4O. The van der Waals surface area contributed by atoms with Gasteiger partial charge in [-0.25, -0.2) is 4.98 Å². The molecule has 0 aliphatic carbocycles. The number of halogens is 2. The minimum absolute atomic E-state index is 0. The van der Waals surface area contributed by atoms with E-state index >= 15 is 0 Å². The van der Waals surface area contributed by atoms with E-state index in [-0.39, 0.29) is 36.8 Å². The zero-order valence-electron chi connectivity index (χ0n) is 11.8. The quantitative estimate of drug-likeness (QED) is 0.898. The number of amides is 1. The molecule has 1 aliphatic heterocycles. The number of nitrogens with zero attached hydrogens (tertiary/aromatic N) is 3. The lowest BCUT2D eigenvalue weighted by atomic mass is 10.1. The molecule has 0 saturated carbocycles. The van der Waals surface area contributed by atoms with E-state index < -0.39 is 0 Å². The van der Waals surface area contributed by atoms with Gasteiger partial charge in [-0.2, -0.15) is 0 Å². The number of hydrogen-bond acceptors (Lipinski definition) is 4. The van der Waals surface area contributed by atoms with E-state index in [4.69, 9.17) is 5.73 Å². The molecule has 1 unspecified atom stereocenters. The zero-order valence-corrected chi connectivity index (χ0v) is 13.4. The Morgan fingerprint density at radius 1 is 1.40 bits per heavy atom. The van der Waals surface area contributed by atoms with Crippen LogP contribution in [0.4, 0.5) is 5.82 Å². The van der Waals surface area contributed by atoms with Crippen LogP contribution in [-0.2, 0) is 0 Å². The summed E-state index contributed by atoms with van der Waals surface area (Å²) < 4.78 is 0. The fourth-order valence-corrected chi connectivity index (χ4v) is 2.15. The van der Waals surface area contributed by atoms with Crippen molar-refractivity contribution < 1.29 is 4.79 Å². The van der Waals surface area contributed by atoms with Crippen molar-refractivity contribution >= 4 is 36.5 Å². The normalized spacial score (nSPS) is 17.8. The number of carbonyl (C=O) groups is 1. The first kappa shape index (κ1) is 19.0. The molecular weight excluding hydrogens is 299 g/mol. The molecule has 1 aromatic rings. The summed E-state index contributed by atoms with van der Waals surface area (Å²) in [5.74, 6) is 0.879. The monoisotopic (exact) mass is 320 g/mol. The number of piperidine rings is 1. The van der Waals surface area contributed by atoms with Crippen molar-refractivity contribution in [3.63, 3.8) is 0 Å². The van der Waals surface area contributed by atoms with Crippen molar-refractivity contribution in [1.82, 2.24) is 9.88 Å². The molecule has 0 aromatic carbocycles. The lowest BCUT2D eigenvalue weighted by Gasteiger charge is -2.30. The number of hydrogen-bond donors (Lipinski definition) is 1. The highest BCUT2D eigenvalue weighted by atomic mass is 35.5. The third-order valence-corrected chi connectivity index (χ3v) is 3.20. The maximum atomic E-state index is 12.2. The minimum Gasteiger partial charge on any atom is -0.363 e. The van der Waals surface area contributed by atoms with Gasteiger partial charge >= 0.3 is 0 Å². The molecule has 2 heterocycles. The van der Waals surface area contributed by atoms with E-state index in [0.29, 0.717) is 12.1 Å². The van der Waals surface area contributed by atoms with Crippen molar-refractivity contribution in [2.75, 3.05) is 32.1 Å². The zero-order chi connectivity index (χ0) is 13.1. The van der Waals surface area contributed by atoms with Crippen LogP contribution >= 0.6 is 24.8 Å². The van der Waals surface area contributed by atoms with E-state index in [1.54, 1.807) is 6.20 Å². The lowest BCUT2D eigenvalue weighted by Crippen LogP contribution is -2.45. The second-order valence-corrected chi connectivity index (χ2v) is 4.95. The number of rotatable bonds is 2. The summed E-state index contributed by atoms with van der Waals surface area (Å²) in [6, 6.07) is 3.79. The molecule has 0 radical (unpaired) electrons. The first-order valence-electron chi connectivity index (χ1n) is 6.26. The fourth-order valence-electron chi connectivity index (χ4n) is 2.15.